The molecule has 1 aromatic carbocycles. The van der Waals surface area contributed by atoms with E-state index < -0.39 is 21.8 Å². The molecular formula is C7H3BrClF3OS. The zero-order valence-corrected chi connectivity index (χ0v) is 9.60. The first-order chi connectivity index (χ1) is 6.32. The Morgan fingerprint density at radius 3 is 2.36 bits per heavy atom. The van der Waals surface area contributed by atoms with Gasteiger partial charge >= 0.3 is 6.18 Å². The van der Waals surface area contributed by atoms with E-state index in [0.29, 0.717) is 0 Å². The number of rotatable bonds is 1. The Morgan fingerprint density at radius 1 is 1.36 bits per heavy atom. The molecule has 0 aliphatic heterocycles. The number of halogens is 5. The molecule has 0 radical (unpaired) electrons. The van der Waals surface area contributed by atoms with Crippen LogP contribution in [0.1, 0.15) is 5.56 Å². The normalized spacial score (nSPS) is 14.1. The Bertz CT molecular complexity index is 380. The predicted molar refractivity (Wildman–Crippen MR) is 51.4 cm³/mol. The fourth-order valence-corrected chi connectivity index (χ4v) is 1.97. The van der Waals surface area contributed by atoms with E-state index >= 15 is 0 Å². The van der Waals surface area contributed by atoms with Crippen LogP contribution in [0.5, 0.6) is 0 Å². The second-order valence-electron chi connectivity index (χ2n) is 2.36. The van der Waals surface area contributed by atoms with Gasteiger partial charge < -0.3 is 0 Å². The van der Waals surface area contributed by atoms with Crippen molar-refractivity contribution in [2.45, 2.75) is 11.1 Å². The Balaban J connectivity index is 3.29. The van der Waals surface area contributed by atoms with Crippen LogP contribution in [0.3, 0.4) is 0 Å². The highest BCUT2D eigenvalue weighted by molar-refractivity contribution is 9.10. The second kappa shape index (κ2) is 4.20. The quantitative estimate of drug-likeness (QED) is 0.723. The zero-order valence-electron chi connectivity index (χ0n) is 6.44. The van der Waals surface area contributed by atoms with Crippen molar-refractivity contribution in [3.8, 4) is 0 Å². The van der Waals surface area contributed by atoms with Gasteiger partial charge in [0.2, 0.25) is 0 Å². The van der Waals surface area contributed by atoms with Crippen molar-refractivity contribution in [1.82, 2.24) is 0 Å². The third kappa shape index (κ3) is 2.71. The molecule has 0 fully saturated rings. The van der Waals surface area contributed by atoms with Crippen LogP contribution in [-0.2, 0) is 16.2 Å². The molecule has 0 N–H and O–H groups in total. The fourth-order valence-electron chi connectivity index (χ4n) is 0.821. The Morgan fingerprint density at radius 2 is 1.93 bits per heavy atom. The lowest BCUT2D eigenvalue weighted by molar-refractivity contribution is -0.138. The number of alkyl halides is 3. The van der Waals surface area contributed by atoms with E-state index in [2.05, 4.69) is 15.9 Å². The van der Waals surface area contributed by atoms with Gasteiger partial charge in [-0.05, 0) is 28.9 Å². The summed E-state index contributed by atoms with van der Waals surface area (Å²) >= 11 is 2.75. The van der Waals surface area contributed by atoms with E-state index in [0.717, 1.165) is 6.07 Å². The molecule has 0 heterocycles. The molecule has 1 aromatic rings. The monoisotopic (exact) mass is 306 g/mol. The summed E-state index contributed by atoms with van der Waals surface area (Å²) in [6, 6.07) is 3.19. The smallest absolute Gasteiger partial charge is 0.237 e. The molecule has 7 heteroatoms. The van der Waals surface area contributed by atoms with E-state index in [1.54, 1.807) is 0 Å². The highest BCUT2D eigenvalue weighted by Gasteiger charge is 2.33. The number of hydrogen-bond acceptors (Lipinski definition) is 1. The second-order valence-corrected chi connectivity index (χ2v) is 4.98. The summed E-state index contributed by atoms with van der Waals surface area (Å²) < 4.78 is 47.6. The van der Waals surface area contributed by atoms with Crippen LogP contribution in [0.2, 0.25) is 0 Å². The standard InChI is InChI=1S/C7H3BrClF3OS/c8-6-2-1-4(14(9)13)3-5(6)7(10,11)12/h1-3H. The molecule has 0 saturated carbocycles. The van der Waals surface area contributed by atoms with Gasteiger partial charge in [0.25, 0.3) is 0 Å². The van der Waals surface area contributed by atoms with Gasteiger partial charge in [-0.3, -0.25) is 0 Å². The van der Waals surface area contributed by atoms with Crippen LogP contribution >= 0.6 is 26.6 Å². The molecule has 1 nitrogen and oxygen atoms in total. The van der Waals surface area contributed by atoms with Crippen molar-refractivity contribution in [3.05, 3.63) is 28.2 Å². The summed E-state index contributed by atoms with van der Waals surface area (Å²) in [5.41, 5.74) is -0.885. The van der Waals surface area contributed by atoms with E-state index in [4.69, 9.17) is 10.7 Å². The summed E-state index contributed by atoms with van der Waals surface area (Å²) in [4.78, 5) is -0.0674. The largest absolute Gasteiger partial charge is 0.417 e. The average molecular weight is 308 g/mol. The molecule has 1 atom stereocenters. The van der Waals surface area contributed by atoms with Crippen molar-refractivity contribution in [2.75, 3.05) is 0 Å². The summed E-state index contributed by atoms with van der Waals surface area (Å²) in [6.45, 7) is 0. The Labute approximate surface area is 93.3 Å². The molecular weight excluding hydrogens is 304 g/mol. The van der Waals surface area contributed by atoms with E-state index in [-0.39, 0.29) is 9.37 Å². The highest BCUT2D eigenvalue weighted by atomic mass is 79.9. The molecule has 1 rings (SSSR count). The van der Waals surface area contributed by atoms with Gasteiger partial charge in [-0.15, -0.1) is 0 Å². The molecule has 0 spiro atoms. The molecule has 0 bridgehead atoms. The van der Waals surface area contributed by atoms with Gasteiger partial charge in [-0.1, -0.05) is 15.9 Å². The van der Waals surface area contributed by atoms with Crippen LogP contribution in [-0.4, -0.2) is 4.21 Å². The third-order valence-electron chi connectivity index (χ3n) is 1.43. The van der Waals surface area contributed by atoms with Gasteiger partial charge in [0.1, 0.15) is 10.0 Å². The zero-order chi connectivity index (χ0) is 10.9. The molecule has 0 saturated heterocycles. The predicted octanol–water partition coefficient (Wildman–Crippen LogP) is 3.73. The highest BCUT2D eigenvalue weighted by Crippen LogP contribution is 2.36. The van der Waals surface area contributed by atoms with E-state index in [9.17, 15) is 17.4 Å². The van der Waals surface area contributed by atoms with Crippen molar-refractivity contribution in [2.24, 2.45) is 0 Å². The minimum atomic E-state index is -4.48. The fraction of sp³-hybridized carbons (Fsp3) is 0.143. The topological polar surface area (TPSA) is 17.1 Å². The lowest BCUT2D eigenvalue weighted by Gasteiger charge is -2.09. The lowest BCUT2D eigenvalue weighted by atomic mass is 10.2. The van der Waals surface area contributed by atoms with Gasteiger partial charge in [0, 0.05) is 4.47 Å². The minimum Gasteiger partial charge on any atom is -0.237 e. The molecule has 0 aliphatic rings. The first-order valence-corrected chi connectivity index (χ1v) is 6.04. The lowest BCUT2D eigenvalue weighted by Crippen LogP contribution is -2.06. The number of hydrogen-bond donors (Lipinski definition) is 0. The van der Waals surface area contributed by atoms with Crippen LogP contribution in [0, 0.1) is 0 Å². The summed E-state index contributed by atoms with van der Waals surface area (Å²) in [5, 5.41) is 0. The summed E-state index contributed by atoms with van der Waals surface area (Å²) in [7, 11) is 3.24. The summed E-state index contributed by atoms with van der Waals surface area (Å²) in [5.74, 6) is 0. The van der Waals surface area contributed by atoms with Crippen LogP contribution < -0.4 is 0 Å². The SMILES string of the molecule is O=S(Cl)c1ccc(Br)c(C(F)(F)F)c1. The summed E-state index contributed by atoms with van der Waals surface area (Å²) in [6.07, 6.45) is -4.48. The molecule has 0 amide bonds. The van der Waals surface area contributed by atoms with Gasteiger partial charge in [-0.2, -0.15) is 13.2 Å². The first kappa shape index (κ1) is 12.0. The van der Waals surface area contributed by atoms with Crippen LogP contribution in [0.4, 0.5) is 13.2 Å². The molecule has 14 heavy (non-hydrogen) atoms. The van der Waals surface area contributed by atoms with Gasteiger partial charge in [-0.25, -0.2) is 4.21 Å². The van der Waals surface area contributed by atoms with Gasteiger partial charge in [0.05, 0.1) is 10.5 Å². The molecule has 1 unspecified atom stereocenters. The maximum absolute atomic E-state index is 12.3. The van der Waals surface area contributed by atoms with Crippen molar-refractivity contribution in [3.63, 3.8) is 0 Å². The maximum Gasteiger partial charge on any atom is 0.417 e. The van der Waals surface area contributed by atoms with E-state index in [1.807, 2.05) is 0 Å². The van der Waals surface area contributed by atoms with Crippen molar-refractivity contribution < 1.29 is 17.4 Å². The molecule has 0 aliphatic carbocycles. The van der Waals surface area contributed by atoms with Crippen LogP contribution in [0.25, 0.3) is 0 Å². The average Bonchev–Trinajstić information content (AvgIpc) is 2.02. The maximum atomic E-state index is 12.3. The molecule has 78 valence electrons. The van der Waals surface area contributed by atoms with Crippen LogP contribution in [0.15, 0.2) is 27.6 Å². The Hall–Kier alpha value is -0.0700. The first-order valence-electron chi connectivity index (χ1n) is 3.27. The third-order valence-corrected chi connectivity index (χ3v) is 3.28. The van der Waals surface area contributed by atoms with Gasteiger partial charge in [0.15, 0.2) is 0 Å². The molecule has 0 aromatic heterocycles. The number of benzene rings is 1. The Kier molecular flexibility index (Phi) is 3.60. The minimum absolute atomic E-state index is 0.0674. The van der Waals surface area contributed by atoms with E-state index in [1.165, 1.54) is 12.1 Å². The van der Waals surface area contributed by atoms with Crippen molar-refractivity contribution in [1.29, 1.82) is 0 Å². The van der Waals surface area contributed by atoms with Crippen molar-refractivity contribution >= 4 is 36.6 Å².